The van der Waals surface area contributed by atoms with Crippen LogP contribution < -0.4 is 10.6 Å². The summed E-state index contributed by atoms with van der Waals surface area (Å²) in [5.74, 6) is 0.384. The monoisotopic (exact) mass is 169 g/mol. The van der Waals surface area contributed by atoms with Gasteiger partial charge in [0.1, 0.15) is 6.26 Å². The van der Waals surface area contributed by atoms with Crippen molar-refractivity contribution in [2.24, 2.45) is 0 Å². The van der Waals surface area contributed by atoms with E-state index in [2.05, 4.69) is 20.3 Å². The molecule has 0 aromatic carbocycles. The Bertz CT molecular complexity index is 233. The van der Waals surface area contributed by atoms with Crippen molar-refractivity contribution in [2.45, 2.75) is 6.42 Å². The fourth-order valence-electron chi connectivity index (χ4n) is 0.721. The third-order valence-electron chi connectivity index (χ3n) is 1.31. The van der Waals surface area contributed by atoms with Gasteiger partial charge in [-0.2, -0.15) is 0 Å². The molecule has 0 saturated heterocycles. The van der Waals surface area contributed by atoms with Crippen LogP contribution in [0, 0.1) is 0 Å². The molecule has 0 radical (unpaired) electrons. The normalized spacial score (nSPS) is 9.75. The maximum absolute atomic E-state index is 11.0. The van der Waals surface area contributed by atoms with E-state index >= 15 is 0 Å². The highest BCUT2D eigenvalue weighted by Crippen LogP contribution is 2.00. The first-order valence-corrected chi connectivity index (χ1v) is 3.68. The molecule has 1 rings (SSSR count). The van der Waals surface area contributed by atoms with Gasteiger partial charge in [0, 0.05) is 19.0 Å². The number of aromatic nitrogens is 1. The molecule has 0 bridgehead atoms. The van der Waals surface area contributed by atoms with Crippen LogP contribution in [0.15, 0.2) is 16.9 Å². The molecule has 5 nitrogen and oxygen atoms in total. The molecule has 0 atom stereocenters. The summed E-state index contributed by atoms with van der Waals surface area (Å²) in [4.78, 5) is 11.0. The second kappa shape index (κ2) is 4.50. The molecular formula is C7H11N3O2. The zero-order valence-electron chi connectivity index (χ0n) is 6.83. The Kier molecular flexibility index (Phi) is 3.28. The van der Waals surface area contributed by atoms with Gasteiger partial charge in [0.2, 0.25) is 5.91 Å². The van der Waals surface area contributed by atoms with Crippen LogP contribution in [-0.4, -0.2) is 24.7 Å². The number of nitrogens with one attached hydrogen (secondary N) is 2. The Morgan fingerprint density at radius 2 is 2.58 bits per heavy atom. The third-order valence-corrected chi connectivity index (χ3v) is 1.31. The summed E-state index contributed by atoms with van der Waals surface area (Å²) in [6, 6.07) is 1.59. The van der Waals surface area contributed by atoms with Crippen LogP contribution in [0.25, 0.3) is 0 Å². The Labute approximate surface area is 70.1 Å². The first-order valence-electron chi connectivity index (χ1n) is 3.68. The zero-order chi connectivity index (χ0) is 8.81. The van der Waals surface area contributed by atoms with E-state index in [9.17, 15) is 4.79 Å². The van der Waals surface area contributed by atoms with Gasteiger partial charge in [-0.3, -0.25) is 4.79 Å². The highest BCUT2D eigenvalue weighted by molar-refractivity contribution is 5.89. The maximum Gasteiger partial charge on any atom is 0.226 e. The topological polar surface area (TPSA) is 67.2 Å². The second-order valence-electron chi connectivity index (χ2n) is 2.29. The minimum absolute atomic E-state index is 0.0711. The number of nitrogens with zero attached hydrogens (tertiary/aromatic N) is 1. The largest absolute Gasteiger partial charge is 0.363 e. The Morgan fingerprint density at radius 3 is 3.17 bits per heavy atom. The number of rotatable bonds is 4. The molecule has 0 aliphatic heterocycles. The fraction of sp³-hybridized carbons (Fsp3) is 0.429. The predicted molar refractivity (Wildman–Crippen MR) is 43.7 cm³/mol. The van der Waals surface area contributed by atoms with E-state index in [1.807, 2.05) is 0 Å². The number of carbonyl (C=O) groups is 1. The molecule has 66 valence electrons. The molecule has 0 aliphatic rings. The van der Waals surface area contributed by atoms with Crippen LogP contribution in [-0.2, 0) is 4.79 Å². The summed E-state index contributed by atoms with van der Waals surface area (Å²) < 4.78 is 4.54. The minimum Gasteiger partial charge on any atom is -0.363 e. The molecule has 1 aromatic heterocycles. The van der Waals surface area contributed by atoms with Crippen molar-refractivity contribution < 1.29 is 9.32 Å². The molecular weight excluding hydrogens is 158 g/mol. The molecule has 0 fully saturated rings. The average Bonchev–Trinajstić information content (AvgIpc) is 2.53. The number of hydrogen-bond donors (Lipinski definition) is 2. The molecule has 1 amide bonds. The van der Waals surface area contributed by atoms with Crippen LogP contribution in [0.1, 0.15) is 6.42 Å². The molecule has 1 heterocycles. The fourth-order valence-corrected chi connectivity index (χ4v) is 0.721. The van der Waals surface area contributed by atoms with Crippen LogP contribution >= 0.6 is 0 Å². The summed E-state index contributed by atoms with van der Waals surface area (Å²) in [6.45, 7) is 0.656. The second-order valence-corrected chi connectivity index (χ2v) is 2.29. The van der Waals surface area contributed by atoms with Gasteiger partial charge in [0.05, 0.1) is 0 Å². The lowest BCUT2D eigenvalue weighted by Gasteiger charge is -1.99. The standard InChI is InChI=1S/C7H11N3O2/c1-8-4-2-7(11)9-6-3-5-12-10-6/h3,5,8H,2,4H2,1H3,(H,9,10,11). The summed E-state index contributed by atoms with van der Waals surface area (Å²) in [5, 5.41) is 8.98. The molecule has 0 unspecified atom stereocenters. The summed E-state index contributed by atoms with van der Waals surface area (Å²) >= 11 is 0. The number of amides is 1. The van der Waals surface area contributed by atoms with Crippen molar-refractivity contribution in [3.63, 3.8) is 0 Å². The first-order chi connectivity index (χ1) is 5.83. The van der Waals surface area contributed by atoms with Gasteiger partial charge in [-0.25, -0.2) is 0 Å². The molecule has 2 N–H and O–H groups in total. The van der Waals surface area contributed by atoms with E-state index in [4.69, 9.17) is 0 Å². The van der Waals surface area contributed by atoms with Crippen LogP contribution in [0.5, 0.6) is 0 Å². The van der Waals surface area contributed by atoms with E-state index in [1.165, 1.54) is 6.26 Å². The van der Waals surface area contributed by atoms with Crippen molar-refractivity contribution in [1.29, 1.82) is 0 Å². The van der Waals surface area contributed by atoms with Crippen molar-refractivity contribution in [1.82, 2.24) is 10.5 Å². The summed E-state index contributed by atoms with van der Waals surface area (Å²) in [7, 11) is 1.80. The van der Waals surface area contributed by atoms with Crippen molar-refractivity contribution in [3.05, 3.63) is 12.3 Å². The third kappa shape index (κ3) is 2.71. The van der Waals surface area contributed by atoms with Gasteiger partial charge in [-0.1, -0.05) is 5.16 Å². The van der Waals surface area contributed by atoms with Crippen LogP contribution in [0.3, 0.4) is 0 Å². The highest BCUT2D eigenvalue weighted by Gasteiger charge is 2.02. The molecule has 5 heteroatoms. The van der Waals surface area contributed by atoms with Gasteiger partial charge in [-0.05, 0) is 7.05 Å². The Balaban J connectivity index is 2.27. The summed E-state index contributed by atoms with van der Waals surface area (Å²) in [6.07, 6.45) is 1.84. The Hall–Kier alpha value is -1.36. The van der Waals surface area contributed by atoms with E-state index in [-0.39, 0.29) is 5.91 Å². The van der Waals surface area contributed by atoms with E-state index < -0.39 is 0 Å². The van der Waals surface area contributed by atoms with Crippen LogP contribution in [0.4, 0.5) is 5.82 Å². The lowest BCUT2D eigenvalue weighted by atomic mass is 10.4. The maximum atomic E-state index is 11.0. The predicted octanol–water partition coefficient (Wildman–Crippen LogP) is 0.223. The number of anilines is 1. The van der Waals surface area contributed by atoms with Gasteiger partial charge in [0.15, 0.2) is 5.82 Å². The smallest absolute Gasteiger partial charge is 0.226 e. The number of hydrogen-bond acceptors (Lipinski definition) is 4. The minimum atomic E-state index is -0.0711. The lowest BCUT2D eigenvalue weighted by Crippen LogP contribution is -2.18. The molecule has 0 saturated carbocycles. The van der Waals surface area contributed by atoms with E-state index in [1.54, 1.807) is 13.1 Å². The van der Waals surface area contributed by atoms with Crippen molar-refractivity contribution >= 4 is 11.7 Å². The highest BCUT2D eigenvalue weighted by atomic mass is 16.5. The van der Waals surface area contributed by atoms with Gasteiger partial charge < -0.3 is 15.2 Å². The van der Waals surface area contributed by atoms with E-state index in [0.717, 1.165) is 0 Å². The van der Waals surface area contributed by atoms with Crippen molar-refractivity contribution in [2.75, 3.05) is 18.9 Å². The van der Waals surface area contributed by atoms with Gasteiger partial charge in [0.25, 0.3) is 0 Å². The summed E-state index contributed by atoms with van der Waals surface area (Å²) in [5.41, 5.74) is 0. The van der Waals surface area contributed by atoms with E-state index in [0.29, 0.717) is 18.8 Å². The quantitative estimate of drug-likeness (QED) is 0.676. The molecule has 1 aromatic rings. The van der Waals surface area contributed by atoms with Gasteiger partial charge in [-0.15, -0.1) is 0 Å². The first kappa shape index (κ1) is 8.73. The van der Waals surface area contributed by atoms with Crippen molar-refractivity contribution in [3.8, 4) is 0 Å². The molecule has 0 spiro atoms. The average molecular weight is 169 g/mol. The number of carbonyl (C=O) groups excluding carboxylic acids is 1. The molecule has 0 aliphatic carbocycles. The van der Waals surface area contributed by atoms with Gasteiger partial charge >= 0.3 is 0 Å². The van der Waals surface area contributed by atoms with Crippen LogP contribution in [0.2, 0.25) is 0 Å². The lowest BCUT2D eigenvalue weighted by molar-refractivity contribution is -0.116. The zero-order valence-corrected chi connectivity index (χ0v) is 6.83. The molecule has 12 heavy (non-hydrogen) atoms. The Morgan fingerprint density at radius 1 is 1.75 bits per heavy atom. The SMILES string of the molecule is CNCCC(=O)Nc1ccon1.